The fraction of sp³-hybridized carbons (Fsp3) is 0.643. The Morgan fingerprint density at radius 2 is 2.18 bits per heavy atom. The standard InChI is InChI=1S/C14H21N3/c15-9-12-10-16-7-6-14(12)17-8-2-4-11-3-1-5-13(11)17/h6-7,10-11,13H,1-5,8-9,15H2. The number of aromatic nitrogens is 1. The van der Waals surface area contributed by atoms with Crippen molar-refractivity contribution in [2.45, 2.75) is 44.7 Å². The fourth-order valence-electron chi connectivity index (χ4n) is 3.61. The smallest absolute Gasteiger partial charge is 0.0445 e. The van der Waals surface area contributed by atoms with Gasteiger partial charge in [0.15, 0.2) is 0 Å². The molecule has 0 radical (unpaired) electrons. The highest BCUT2D eigenvalue weighted by Gasteiger charge is 2.35. The van der Waals surface area contributed by atoms with Crippen LogP contribution in [-0.4, -0.2) is 17.6 Å². The fourth-order valence-corrected chi connectivity index (χ4v) is 3.61. The molecule has 1 aliphatic carbocycles. The van der Waals surface area contributed by atoms with Crippen molar-refractivity contribution < 1.29 is 0 Å². The van der Waals surface area contributed by atoms with Gasteiger partial charge in [-0.25, -0.2) is 0 Å². The molecule has 1 aliphatic heterocycles. The predicted molar refractivity (Wildman–Crippen MR) is 69.8 cm³/mol. The second kappa shape index (κ2) is 4.65. The van der Waals surface area contributed by atoms with Gasteiger partial charge in [-0.3, -0.25) is 4.98 Å². The molecule has 0 spiro atoms. The first kappa shape index (κ1) is 11.0. The lowest BCUT2D eigenvalue weighted by molar-refractivity contribution is 0.362. The van der Waals surface area contributed by atoms with Gasteiger partial charge < -0.3 is 10.6 Å². The third-order valence-electron chi connectivity index (χ3n) is 4.40. The Balaban J connectivity index is 1.91. The normalized spacial score (nSPS) is 28.2. The highest BCUT2D eigenvalue weighted by Crippen LogP contribution is 2.39. The summed E-state index contributed by atoms with van der Waals surface area (Å²) in [6.07, 6.45) is 10.7. The third-order valence-corrected chi connectivity index (χ3v) is 4.40. The van der Waals surface area contributed by atoms with Gasteiger partial charge in [-0.15, -0.1) is 0 Å². The van der Waals surface area contributed by atoms with E-state index in [9.17, 15) is 0 Å². The molecule has 1 aromatic rings. The first-order valence-corrected chi connectivity index (χ1v) is 6.79. The topological polar surface area (TPSA) is 42.1 Å². The molecular formula is C14H21N3. The first-order chi connectivity index (χ1) is 8.40. The van der Waals surface area contributed by atoms with Gasteiger partial charge in [0, 0.05) is 42.8 Å². The van der Waals surface area contributed by atoms with Gasteiger partial charge in [-0.2, -0.15) is 0 Å². The average molecular weight is 231 g/mol. The quantitative estimate of drug-likeness (QED) is 0.849. The number of rotatable bonds is 2. The van der Waals surface area contributed by atoms with Gasteiger partial charge in [0.05, 0.1) is 0 Å². The summed E-state index contributed by atoms with van der Waals surface area (Å²) in [7, 11) is 0. The molecule has 2 heterocycles. The van der Waals surface area contributed by atoms with Gasteiger partial charge in [-0.05, 0) is 37.7 Å². The number of fused-ring (bicyclic) bond motifs is 1. The number of nitrogens with two attached hydrogens (primary N) is 1. The van der Waals surface area contributed by atoms with Gasteiger partial charge >= 0.3 is 0 Å². The minimum atomic E-state index is 0.594. The molecule has 3 rings (SSSR count). The maximum atomic E-state index is 5.83. The van der Waals surface area contributed by atoms with Gasteiger partial charge in [0.1, 0.15) is 0 Å². The number of anilines is 1. The predicted octanol–water partition coefficient (Wildman–Crippen LogP) is 2.31. The van der Waals surface area contributed by atoms with Crippen LogP contribution < -0.4 is 10.6 Å². The molecule has 17 heavy (non-hydrogen) atoms. The van der Waals surface area contributed by atoms with Crippen molar-refractivity contribution in [1.29, 1.82) is 0 Å². The molecule has 1 saturated carbocycles. The molecule has 0 aromatic carbocycles. The molecule has 1 aromatic heterocycles. The lowest BCUT2D eigenvalue weighted by Gasteiger charge is -2.40. The molecule has 2 aliphatic rings. The van der Waals surface area contributed by atoms with E-state index in [1.165, 1.54) is 49.9 Å². The summed E-state index contributed by atoms with van der Waals surface area (Å²) in [5, 5.41) is 0. The molecule has 2 fully saturated rings. The SMILES string of the molecule is NCc1cnccc1N1CCCC2CCCC21. The maximum Gasteiger partial charge on any atom is 0.0445 e. The average Bonchev–Trinajstić information content (AvgIpc) is 2.86. The maximum absolute atomic E-state index is 5.83. The number of nitrogens with zero attached hydrogens (tertiary/aromatic N) is 2. The third kappa shape index (κ3) is 1.93. The highest BCUT2D eigenvalue weighted by molar-refractivity contribution is 5.53. The van der Waals surface area contributed by atoms with E-state index in [1.54, 1.807) is 0 Å². The Bertz CT molecular complexity index is 391. The van der Waals surface area contributed by atoms with Crippen molar-refractivity contribution in [2.75, 3.05) is 11.4 Å². The summed E-state index contributed by atoms with van der Waals surface area (Å²) in [4.78, 5) is 6.79. The molecular weight excluding hydrogens is 210 g/mol. The zero-order valence-corrected chi connectivity index (χ0v) is 10.3. The lowest BCUT2D eigenvalue weighted by atomic mass is 9.91. The van der Waals surface area contributed by atoms with E-state index in [2.05, 4.69) is 16.0 Å². The van der Waals surface area contributed by atoms with Crippen molar-refractivity contribution in [1.82, 2.24) is 4.98 Å². The first-order valence-electron chi connectivity index (χ1n) is 6.79. The van der Waals surface area contributed by atoms with Crippen LogP contribution >= 0.6 is 0 Å². The molecule has 0 bridgehead atoms. The van der Waals surface area contributed by atoms with Crippen molar-refractivity contribution >= 4 is 5.69 Å². The molecule has 92 valence electrons. The van der Waals surface area contributed by atoms with Gasteiger partial charge in [0.25, 0.3) is 0 Å². The number of pyridine rings is 1. The van der Waals surface area contributed by atoms with Crippen molar-refractivity contribution in [3.05, 3.63) is 24.0 Å². The van der Waals surface area contributed by atoms with E-state index < -0.39 is 0 Å². The summed E-state index contributed by atoms with van der Waals surface area (Å²) >= 11 is 0. The van der Waals surface area contributed by atoms with E-state index >= 15 is 0 Å². The summed E-state index contributed by atoms with van der Waals surface area (Å²) in [5.74, 6) is 0.919. The van der Waals surface area contributed by atoms with Crippen LogP contribution in [-0.2, 0) is 6.54 Å². The van der Waals surface area contributed by atoms with Crippen LogP contribution in [0.25, 0.3) is 0 Å². The second-order valence-electron chi connectivity index (χ2n) is 5.30. The van der Waals surface area contributed by atoms with Crippen LogP contribution in [0, 0.1) is 5.92 Å². The molecule has 3 nitrogen and oxygen atoms in total. The van der Waals surface area contributed by atoms with Crippen LogP contribution in [0.2, 0.25) is 0 Å². The Morgan fingerprint density at radius 3 is 3.06 bits per heavy atom. The molecule has 2 atom stereocenters. The lowest BCUT2D eigenvalue weighted by Crippen LogP contribution is -2.43. The van der Waals surface area contributed by atoms with Crippen LogP contribution in [0.15, 0.2) is 18.5 Å². The summed E-state index contributed by atoms with van der Waals surface area (Å²) in [5.41, 5.74) is 8.35. The Kier molecular flexibility index (Phi) is 3.02. The minimum absolute atomic E-state index is 0.594. The van der Waals surface area contributed by atoms with Crippen LogP contribution in [0.1, 0.15) is 37.7 Å². The van der Waals surface area contributed by atoms with E-state index in [4.69, 9.17) is 5.73 Å². The summed E-state index contributed by atoms with van der Waals surface area (Å²) in [6, 6.07) is 2.90. The number of hydrogen-bond donors (Lipinski definition) is 1. The molecule has 3 heteroatoms. The van der Waals surface area contributed by atoms with Crippen molar-refractivity contribution in [3.63, 3.8) is 0 Å². The van der Waals surface area contributed by atoms with E-state index in [0.717, 1.165) is 12.0 Å². The van der Waals surface area contributed by atoms with Crippen LogP contribution in [0.3, 0.4) is 0 Å². The van der Waals surface area contributed by atoms with Gasteiger partial charge in [-0.1, -0.05) is 6.42 Å². The zero-order chi connectivity index (χ0) is 11.7. The van der Waals surface area contributed by atoms with E-state index in [1.807, 2.05) is 12.4 Å². The zero-order valence-electron chi connectivity index (χ0n) is 10.3. The number of hydrogen-bond acceptors (Lipinski definition) is 3. The molecule has 2 N–H and O–H groups in total. The second-order valence-corrected chi connectivity index (χ2v) is 5.30. The molecule has 0 amide bonds. The monoisotopic (exact) mass is 231 g/mol. The minimum Gasteiger partial charge on any atom is -0.368 e. The van der Waals surface area contributed by atoms with Crippen LogP contribution in [0.4, 0.5) is 5.69 Å². The largest absolute Gasteiger partial charge is 0.368 e. The highest BCUT2D eigenvalue weighted by atomic mass is 15.2. The Morgan fingerprint density at radius 1 is 1.29 bits per heavy atom. The van der Waals surface area contributed by atoms with Gasteiger partial charge in [0.2, 0.25) is 0 Å². The summed E-state index contributed by atoms with van der Waals surface area (Å²) in [6.45, 7) is 1.79. The van der Waals surface area contributed by atoms with E-state index in [0.29, 0.717) is 6.54 Å². The van der Waals surface area contributed by atoms with Crippen molar-refractivity contribution in [3.8, 4) is 0 Å². The Labute approximate surface area is 103 Å². The molecule has 2 unspecified atom stereocenters. The van der Waals surface area contributed by atoms with E-state index in [-0.39, 0.29) is 0 Å². The Hall–Kier alpha value is -1.09. The number of piperidine rings is 1. The van der Waals surface area contributed by atoms with Crippen molar-refractivity contribution in [2.24, 2.45) is 11.7 Å². The van der Waals surface area contributed by atoms with Crippen LogP contribution in [0.5, 0.6) is 0 Å². The summed E-state index contributed by atoms with van der Waals surface area (Å²) < 4.78 is 0. The molecule has 1 saturated heterocycles.